The third kappa shape index (κ3) is 7.78. The second-order valence-corrected chi connectivity index (χ2v) is 7.17. The van der Waals surface area contributed by atoms with Crippen LogP contribution in [0.5, 0.6) is 5.75 Å². The van der Waals surface area contributed by atoms with E-state index in [1.54, 1.807) is 7.11 Å². The molecule has 1 aliphatic rings. The fourth-order valence-corrected chi connectivity index (χ4v) is 3.70. The minimum absolute atomic E-state index is 0. The standard InChI is InChI=1S/C22H38N4O.HI/c1-5-23-22(24-15-8-9-16-25(6-2)7-3)26-17-14-20(18-26)19-10-12-21(27-4)13-11-19;/h10-13,20H,5-9,14-18H2,1-4H3,(H,23,24);1H. The lowest BCUT2D eigenvalue weighted by Gasteiger charge is -2.22. The number of unbranched alkanes of at least 4 members (excludes halogenated alkanes) is 1. The molecule has 1 aliphatic heterocycles. The Labute approximate surface area is 188 Å². The zero-order valence-corrected chi connectivity index (χ0v) is 20.4. The molecule has 1 atom stereocenters. The van der Waals surface area contributed by atoms with Crippen LogP contribution in [0.15, 0.2) is 29.3 Å². The molecule has 0 aromatic heterocycles. The number of benzene rings is 1. The molecule has 160 valence electrons. The van der Waals surface area contributed by atoms with Crippen LogP contribution in [0.1, 0.15) is 51.5 Å². The SMILES string of the molecule is CCNC(=NCCCCN(CC)CC)N1CCC(c2ccc(OC)cc2)C1.I. The highest BCUT2D eigenvalue weighted by Crippen LogP contribution is 2.28. The van der Waals surface area contributed by atoms with Gasteiger partial charge in [0.1, 0.15) is 5.75 Å². The van der Waals surface area contributed by atoms with Crippen molar-refractivity contribution >= 4 is 29.9 Å². The third-order valence-electron chi connectivity index (χ3n) is 5.45. The molecule has 1 heterocycles. The Bertz CT molecular complexity index is 560. The van der Waals surface area contributed by atoms with Gasteiger partial charge in [-0.05, 0) is 63.5 Å². The van der Waals surface area contributed by atoms with Gasteiger partial charge in [-0.2, -0.15) is 0 Å². The smallest absolute Gasteiger partial charge is 0.193 e. The number of hydrogen-bond acceptors (Lipinski definition) is 3. The van der Waals surface area contributed by atoms with Gasteiger partial charge >= 0.3 is 0 Å². The van der Waals surface area contributed by atoms with Gasteiger partial charge in [-0.15, -0.1) is 24.0 Å². The van der Waals surface area contributed by atoms with Crippen LogP contribution in [0.2, 0.25) is 0 Å². The van der Waals surface area contributed by atoms with Crippen LogP contribution < -0.4 is 10.1 Å². The lowest BCUT2D eigenvalue weighted by Crippen LogP contribution is -2.40. The Morgan fingerprint density at radius 3 is 2.50 bits per heavy atom. The second-order valence-electron chi connectivity index (χ2n) is 7.17. The maximum absolute atomic E-state index is 5.27. The molecule has 1 saturated heterocycles. The summed E-state index contributed by atoms with van der Waals surface area (Å²) in [6.07, 6.45) is 3.55. The van der Waals surface area contributed by atoms with E-state index < -0.39 is 0 Å². The van der Waals surface area contributed by atoms with Crippen molar-refractivity contribution in [3.8, 4) is 5.75 Å². The van der Waals surface area contributed by atoms with E-state index in [1.165, 1.54) is 24.9 Å². The maximum atomic E-state index is 5.27. The summed E-state index contributed by atoms with van der Waals surface area (Å²) in [5.74, 6) is 2.58. The summed E-state index contributed by atoms with van der Waals surface area (Å²) < 4.78 is 5.27. The van der Waals surface area contributed by atoms with Gasteiger partial charge in [0.05, 0.1) is 7.11 Å². The number of hydrogen-bond donors (Lipinski definition) is 1. The first-order valence-corrected chi connectivity index (χ1v) is 10.6. The lowest BCUT2D eigenvalue weighted by molar-refractivity contribution is 0.297. The van der Waals surface area contributed by atoms with Crippen LogP contribution in [-0.4, -0.2) is 68.7 Å². The van der Waals surface area contributed by atoms with E-state index in [2.05, 4.69) is 60.2 Å². The molecular formula is C22H39IN4O. The molecule has 1 N–H and O–H groups in total. The van der Waals surface area contributed by atoms with Gasteiger partial charge < -0.3 is 19.9 Å². The molecule has 0 radical (unpaired) electrons. The molecule has 0 saturated carbocycles. The highest BCUT2D eigenvalue weighted by molar-refractivity contribution is 14.0. The molecule has 1 aromatic rings. The molecule has 1 unspecified atom stereocenters. The quantitative estimate of drug-likeness (QED) is 0.226. The largest absolute Gasteiger partial charge is 0.497 e. The van der Waals surface area contributed by atoms with Gasteiger partial charge in [0.2, 0.25) is 0 Å². The first-order chi connectivity index (χ1) is 13.2. The summed E-state index contributed by atoms with van der Waals surface area (Å²) in [4.78, 5) is 9.79. The van der Waals surface area contributed by atoms with Crippen LogP contribution in [0.3, 0.4) is 0 Å². The van der Waals surface area contributed by atoms with E-state index in [-0.39, 0.29) is 24.0 Å². The van der Waals surface area contributed by atoms with E-state index in [9.17, 15) is 0 Å². The van der Waals surface area contributed by atoms with E-state index in [1.807, 2.05) is 0 Å². The molecule has 1 fully saturated rings. The molecule has 28 heavy (non-hydrogen) atoms. The normalized spacial score (nSPS) is 17.0. The van der Waals surface area contributed by atoms with Crippen molar-refractivity contribution < 1.29 is 4.74 Å². The fourth-order valence-electron chi connectivity index (χ4n) is 3.70. The minimum Gasteiger partial charge on any atom is -0.497 e. The molecule has 2 rings (SSSR count). The Balaban J connectivity index is 0.00000392. The van der Waals surface area contributed by atoms with Gasteiger partial charge in [-0.25, -0.2) is 0 Å². The summed E-state index contributed by atoms with van der Waals surface area (Å²) in [6.45, 7) is 14.0. The topological polar surface area (TPSA) is 40.1 Å². The number of guanidine groups is 1. The van der Waals surface area contributed by atoms with Gasteiger partial charge in [0, 0.05) is 32.1 Å². The number of halogens is 1. The monoisotopic (exact) mass is 502 g/mol. The van der Waals surface area contributed by atoms with Crippen LogP contribution in [0.25, 0.3) is 0 Å². The van der Waals surface area contributed by atoms with Crippen molar-refractivity contribution in [1.29, 1.82) is 0 Å². The first-order valence-electron chi connectivity index (χ1n) is 10.6. The number of aliphatic imine (C=N–C) groups is 1. The number of likely N-dealkylation sites (tertiary alicyclic amines) is 1. The predicted octanol–water partition coefficient (Wildman–Crippen LogP) is 4.19. The Hall–Kier alpha value is -1.02. The molecule has 0 amide bonds. The lowest BCUT2D eigenvalue weighted by atomic mass is 9.98. The second kappa shape index (κ2) is 14.0. The van der Waals surface area contributed by atoms with Crippen molar-refractivity contribution in [2.24, 2.45) is 4.99 Å². The molecule has 6 heteroatoms. The van der Waals surface area contributed by atoms with Crippen molar-refractivity contribution in [1.82, 2.24) is 15.1 Å². The summed E-state index contributed by atoms with van der Waals surface area (Å²) >= 11 is 0. The van der Waals surface area contributed by atoms with E-state index in [0.717, 1.165) is 57.4 Å². The first kappa shape index (κ1) is 25.0. The van der Waals surface area contributed by atoms with E-state index in [0.29, 0.717) is 5.92 Å². The molecule has 0 bridgehead atoms. The zero-order chi connectivity index (χ0) is 19.5. The van der Waals surface area contributed by atoms with Crippen molar-refractivity contribution in [3.05, 3.63) is 29.8 Å². The summed E-state index contributed by atoms with van der Waals surface area (Å²) in [5, 5.41) is 3.48. The number of rotatable bonds is 10. The van der Waals surface area contributed by atoms with Crippen molar-refractivity contribution in [2.75, 3.05) is 52.9 Å². The van der Waals surface area contributed by atoms with Crippen LogP contribution in [0, 0.1) is 0 Å². The molecule has 0 spiro atoms. The minimum atomic E-state index is 0. The predicted molar refractivity (Wildman–Crippen MR) is 130 cm³/mol. The Kier molecular flexibility index (Phi) is 12.5. The highest BCUT2D eigenvalue weighted by atomic mass is 127. The van der Waals surface area contributed by atoms with Crippen LogP contribution in [-0.2, 0) is 0 Å². The van der Waals surface area contributed by atoms with Gasteiger partial charge in [0.15, 0.2) is 5.96 Å². The molecule has 5 nitrogen and oxygen atoms in total. The summed E-state index contributed by atoms with van der Waals surface area (Å²) in [5.41, 5.74) is 1.40. The number of nitrogens with one attached hydrogen (secondary N) is 1. The Morgan fingerprint density at radius 1 is 1.18 bits per heavy atom. The average molecular weight is 502 g/mol. The third-order valence-corrected chi connectivity index (χ3v) is 5.45. The zero-order valence-electron chi connectivity index (χ0n) is 18.1. The van der Waals surface area contributed by atoms with E-state index >= 15 is 0 Å². The molecule has 0 aliphatic carbocycles. The Morgan fingerprint density at radius 2 is 1.89 bits per heavy atom. The number of methoxy groups -OCH3 is 1. The molecular weight excluding hydrogens is 463 g/mol. The van der Waals surface area contributed by atoms with Gasteiger partial charge in [-0.1, -0.05) is 26.0 Å². The summed E-state index contributed by atoms with van der Waals surface area (Å²) in [6, 6.07) is 8.52. The van der Waals surface area contributed by atoms with Crippen LogP contribution in [0.4, 0.5) is 0 Å². The summed E-state index contributed by atoms with van der Waals surface area (Å²) in [7, 11) is 1.72. The fraction of sp³-hybridized carbons (Fsp3) is 0.682. The van der Waals surface area contributed by atoms with Crippen molar-refractivity contribution in [3.63, 3.8) is 0 Å². The number of nitrogens with zero attached hydrogens (tertiary/aromatic N) is 3. The average Bonchev–Trinajstić information content (AvgIpc) is 3.20. The highest BCUT2D eigenvalue weighted by Gasteiger charge is 2.26. The van der Waals surface area contributed by atoms with Crippen LogP contribution >= 0.6 is 24.0 Å². The number of ether oxygens (including phenoxy) is 1. The molecule has 1 aromatic carbocycles. The maximum Gasteiger partial charge on any atom is 0.193 e. The van der Waals surface area contributed by atoms with Crippen molar-refractivity contribution in [2.45, 2.75) is 46.0 Å². The van der Waals surface area contributed by atoms with Gasteiger partial charge in [-0.3, -0.25) is 4.99 Å². The van der Waals surface area contributed by atoms with E-state index in [4.69, 9.17) is 9.73 Å². The van der Waals surface area contributed by atoms with Gasteiger partial charge in [0.25, 0.3) is 0 Å².